The summed E-state index contributed by atoms with van der Waals surface area (Å²) >= 11 is 0. The molecule has 2 aromatic rings. The lowest BCUT2D eigenvalue weighted by Gasteiger charge is -2.19. The van der Waals surface area contributed by atoms with Gasteiger partial charge in [0, 0.05) is 17.3 Å². The first-order valence-corrected chi connectivity index (χ1v) is 5.56. The minimum atomic E-state index is -0.515. The van der Waals surface area contributed by atoms with Crippen molar-refractivity contribution in [1.82, 2.24) is 10.4 Å². The molecule has 1 aromatic heterocycles. The first-order valence-electron chi connectivity index (χ1n) is 5.56. The molecule has 94 valence electrons. The van der Waals surface area contributed by atoms with Crippen molar-refractivity contribution < 1.29 is 4.39 Å². The fourth-order valence-corrected chi connectivity index (χ4v) is 1.89. The van der Waals surface area contributed by atoms with Gasteiger partial charge in [-0.3, -0.25) is 5.84 Å². The predicted molar refractivity (Wildman–Crippen MR) is 69.0 cm³/mol. The zero-order chi connectivity index (χ0) is 13.1. The summed E-state index contributed by atoms with van der Waals surface area (Å²) in [6.07, 6.45) is 1.66. The van der Waals surface area contributed by atoms with Gasteiger partial charge in [0.25, 0.3) is 0 Å². The van der Waals surface area contributed by atoms with Crippen LogP contribution in [0.4, 0.5) is 10.2 Å². The van der Waals surface area contributed by atoms with Gasteiger partial charge in [0.1, 0.15) is 11.6 Å². The van der Waals surface area contributed by atoms with E-state index in [2.05, 4.69) is 10.4 Å². The summed E-state index contributed by atoms with van der Waals surface area (Å²) in [5.74, 6) is 5.53. The Bertz CT molecular complexity index is 556. The molecule has 1 aromatic carbocycles. The largest absolute Gasteiger partial charge is 0.383 e. The van der Waals surface area contributed by atoms with Crippen LogP contribution in [0, 0.1) is 12.7 Å². The second-order valence-electron chi connectivity index (χ2n) is 4.11. The molecule has 5 N–H and O–H groups in total. The summed E-state index contributed by atoms with van der Waals surface area (Å²) < 4.78 is 13.8. The van der Waals surface area contributed by atoms with Crippen molar-refractivity contribution in [1.29, 1.82) is 0 Å². The molecule has 0 saturated heterocycles. The number of hydrazine groups is 1. The number of aromatic nitrogens is 1. The monoisotopic (exact) mass is 246 g/mol. The van der Waals surface area contributed by atoms with Crippen molar-refractivity contribution in [2.75, 3.05) is 5.73 Å². The molecule has 0 bridgehead atoms. The summed E-state index contributed by atoms with van der Waals surface area (Å²) in [6.45, 7) is 1.89. The number of rotatable bonds is 3. The van der Waals surface area contributed by atoms with Gasteiger partial charge in [-0.2, -0.15) is 0 Å². The Hall–Kier alpha value is -1.98. The highest BCUT2D eigenvalue weighted by Gasteiger charge is 2.19. The normalized spacial score (nSPS) is 12.4. The standard InChI is InChI=1S/C13H15FN4/c1-8-6-10(13(15)17-7-8)12(18-16)9-4-2-3-5-11(9)14/h2-7,12,18H,16H2,1H3,(H2,15,17). The minimum absolute atomic E-state index is 0.332. The molecule has 5 heteroatoms. The Morgan fingerprint density at radius 2 is 2.00 bits per heavy atom. The van der Waals surface area contributed by atoms with Crippen LogP contribution in [-0.4, -0.2) is 4.98 Å². The molecule has 2 rings (SSSR count). The molecule has 0 aliphatic carbocycles. The maximum absolute atomic E-state index is 13.8. The molecule has 1 heterocycles. The number of aryl methyl sites for hydroxylation is 1. The van der Waals surface area contributed by atoms with Gasteiger partial charge >= 0.3 is 0 Å². The van der Waals surface area contributed by atoms with E-state index < -0.39 is 6.04 Å². The van der Waals surface area contributed by atoms with Crippen molar-refractivity contribution in [2.45, 2.75) is 13.0 Å². The van der Waals surface area contributed by atoms with Crippen LogP contribution in [0.2, 0.25) is 0 Å². The predicted octanol–water partition coefficient (Wildman–Crippen LogP) is 1.66. The number of pyridine rings is 1. The van der Waals surface area contributed by atoms with E-state index in [9.17, 15) is 4.39 Å². The van der Waals surface area contributed by atoms with Crippen LogP contribution in [0.15, 0.2) is 36.5 Å². The van der Waals surface area contributed by atoms with Crippen molar-refractivity contribution in [2.24, 2.45) is 5.84 Å². The molecule has 0 radical (unpaired) electrons. The third kappa shape index (κ3) is 2.32. The van der Waals surface area contributed by atoms with E-state index in [1.54, 1.807) is 24.4 Å². The van der Waals surface area contributed by atoms with Crippen molar-refractivity contribution >= 4 is 5.82 Å². The van der Waals surface area contributed by atoms with E-state index in [0.29, 0.717) is 16.9 Å². The fraction of sp³-hybridized carbons (Fsp3) is 0.154. The highest BCUT2D eigenvalue weighted by Crippen LogP contribution is 2.27. The highest BCUT2D eigenvalue weighted by molar-refractivity contribution is 5.47. The van der Waals surface area contributed by atoms with Gasteiger partial charge in [0.2, 0.25) is 0 Å². The van der Waals surface area contributed by atoms with Crippen LogP contribution < -0.4 is 17.0 Å². The number of benzene rings is 1. The maximum atomic E-state index is 13.8. The second kappa shape index (κ2) is 5.12. The molecule has 18 heavy (non-hydrogen) atoms. The van der Waals surface area contributed by atoms with Crippen LogP contribution >= 0.6 is 0 Å². The van der Waals surface area contributed by atoms with E-state index in [0.717, 1.165) is 5.56 Å². The third-order valence-corrected chi connectivity index (χ3v) is 2.78. The van der Waals surface area contributed by atoms with Crippen molar-refractivity contribution in [3.05, 3.63) is 59.0 Å². The van der Waals surface area contributed by atoms with Crippen molar-refractivity contribution in [3.63, 3.8) is 0 Å². The first kappa shape index (κ1) is 12.5. The van der Waals surface area contributed by atoms with Crippen LogP contribution in [0.3, 0.4) is 0 Å². The van der Waals surface area contributed by atoms with E-state index in [-0.39, 0.29) is 5.82 Å². The topological polar surface area (TPSA) is 77.0 Å². The Morgan fingerprint density at radius 1 is 1.28 bits per heavy atom. The summed E-state index contributed by atoms with van der Waals surface area (Å²) in [5.41, 5.74) is 10.5. The fourth-order valence-electron chi connectivity index (χ4n) is 1.89. The molecule has 0 spiro atoms. The molecule has 1 atom stereocenters. The molecule has 0 saturated carbocycles. The number of nitrogens with one attached hydrogen (secondary N) is 1. The quantitative estimate of drug-likeness (QED) is 0.568. The van der Waals surface area contributed by atoms with E-state index in [1.165, 1.54) is 6.07 Å². The molecule has 0 aliphatic heterocycles. The molecule has 4 nitrogen and oxygen atoms in total. The average molecular weight is 246 g/mol. The maximum Gasteiger partial charge on any atom is 0.128 e. The Morgan fingerprint density at radius 3 is 2.67 bits per heavy atom. The SMILES string of the molecule is Cc1cnc(N)c(C(NN)c2ccccc2F)c1. The molecule has 1 unspecified atom stereocenters. The van der Waals surface area contributed by atoms with Crippen LogP contribution in [0.5, 0.6) is 0 Å². The van der Waals surface area contributed by atoms with E-state index in [4.69, 9.17) is 11.6 Å². The van der Waals surface area contributed by atoms with Gasteiger partial charge < -0.3 is 5.73 Å². The van der Waals surface area contributed by atoms with Gasteiger partial charge in [-0.1, -0.05) is 18.2 Å². The average Bonchev–Trinajstić information content (AvgIpc) is 2.36. The number of hydrogen-bond donors (Lipinski definition) is 3. The third-order valence-electron chi connectivity index (χ3n) is 2.78. The van der Waals surface area contributed by atoms with E-state index >= 15 is 0 Å². The highest BCUT2D eigenvalue weighted by atomic mass is 19.1. The summed E-state index contributed by atoms with van der Waals surface area (Å²) in [4.78, 5) is 4.06. The van der Waals surface area contributed by atoms with Crippen molar-refractivity contribution in [3.8, 4) is 0 Å². The lowest BCUT2D eigenvalue weighted by molar-refractivity contribution is 0.560. The number of hydrogen-bond acceptors (Lipinski definition) is 4. The molecular weight excluding hydrogens is 231 g/mol. The number of nitrogens with zero attached hydrogens (tertiary/aromatic N) is 1. The summed E-state index contributed by atoms with van der Waals surface area (Å²) in [6, 6.07) is 7.77. The molecule has 0 amide bonds. The van der Waals surface area contributed by atoms with E-state index in [1.807, 2.05) is 13.0 Å². The first-order chi connectivity index (χ1) is 8.63. The Labute approximate surface area is 105 Å². The smallest absolute Gasteiger partial charge is 0.128 e. The van der Waals surface area contributed by atoms with Gasteiger partial charge in [-0.05, 0) is 24.6 Å². The van der Waals surface area contributed by atoms with Crippen LogP contribution in [0.25, 0.3) is 0 Å². The van der Waals surface area contributed by atoms with Crippen LogP contribution in [0.1, 0.15) is 22.7 Å². The summed E-state index contributed by atoms with van der Waals surface area (Å²) in [7, 11) is 0. The number of nitrogen functional groups attached to an aromatic ring is 1. The number of anilines is 1. The van der Waals surface area contributed by atoms with Gasteiger partial charge in [-0.15, -0.1) is 0 Å². The number of halogens is 1. The second-order valence-corrected chi connectivity index (χ2v) is 4.11. The van der Waals surface area contributed by atoms with Gasteiger partial charge in [0.05, 0.1) is 6.04 Å². The minimum Gasteiger partial charge on any atom is -0.383 e. The van der Waals surface area contributed by atoms with Gasteiger partial charge in [-0.25, -0.2) is 14.8 Å². The lowest BCUT2D eigenvalue weighted by Crippen LogP contribution is -2.30. The Balaban J connectivity index is 2.52. The zero-order valence-corrected chi connectivity index (χ0v) is 10.0. The summed E-state index contributed by atoms with van der Waals surface area (Å²) in [5, 5.41) is 0. The van der Waals surface area contributed by atoms with Crippen LogP contribution in [-0.2, 0) is 0 Å². The Kier molecular flexibility index (Phi) is 3.55. The molecular formula is C13H15FN4. The molecule has 0 fully saturated rings. The lowest BCUT2D eigenvalue weighted by atomic mass is 9.98. The van der Waals surface area contributed by atoms with Gasteiger partial charge in [0.15, 0.2) is 0 Å². The number of nitrogens with two attached hydrogens (primary N) is 2. The zero-order valence-electron chi connectivity index (χ0n) is 10.0. The molecule has 0 aliphatic rings.